The van der Waals surface area contributed by atoms with E-state index < -0.39 is 18.4 Å². The number of nitrogens with one attached hydrogen (secondary N) is 1. The van der Waals surface area contributed by atoms with Gasteiger partial charge in [0.05, 0.1) is 6.17 Å². The van der Waals surface area contributed by atoms with Crippen LogP contribution in [-0.4, -0.2) is 38.8 Å². The quantitative estimate of drug-likeness (QED) is 0.237. The average molecular weight is 152 g/mol. The van der Waals surface area contributed by atoms with Gasteiger partial charge in [-0.3, -0.25) is 5.32 Å². The van der Waals surface area contributed by atoms with Gasteiger partial charge in [0.25, 0.3) is 0 Å². The molecule has 0 aliphatic carbocycles. The van der Waals surface area contributed by atoms with Crippen LogP contribution in [0.3, 0.4) is 0 Å². The number of hydrogen-bond donors (Lipinski definition) is 6. The zero-order valence-corrected chi connectivity index (χ0v) is 5.52. The van der Waals surface area contributed by atoms with Crippen LogP contribution >= 0.6 is 0 Å². The van der Waals surface area contributed by atoms with Crippen molar-refractivity contribution < 1.29 is 20.4 Å². The topological polar surface area (TPSA) is 119 Å². The minimum atomic E-state index is -3.15. The van der Waals surface area contributed by atoms with E-state index >= 15 is 0 Å². The zero-order chi connectivity index (χ0) is 8.36. The Balaban J connectivity index is 3.73. The highest BCUT2D eigenvalue weighted by atomic mass is 16.7. The maximum atomic E-state index is 8.62. The number of hydrogen-bond acceptors (Lipinski definition) is 6. The average Bonchev–Trinajstić information content (AvgIpc) is 1.60. The molecule has 0 saturated heterocycles. The first-order valence-electron chi connectivity index (χ1n) is 2.71. The highest BCUT2D eigenvalue weighted by Gasteiger charge is 2.30. The summed E-state index contributed by atoms with van der Waals surface area (Å²) in [5.74, 6) is -3.15. The standard InChI is InChI=1S/C4H12N2O4/c1-2(5)6-3(7)4(8,9)10/h2-3,6-10H,5H2,1H3. The van der Waals surface area contributed by atoms with E-state index in [1.807, 2.05) is 0 Å². The van der Waals surface area contributed by atoms with Crippen LogP contribution in [0.15, 0.2) is 0 Å². The minimum absolute atomic E-state index is 0.638. The molecule has 6 heteroatoms. The van der Waals surface area contributed by atoms with Crippen molar-refractivity contribution >= 4 is 0 Å². The molecule has 0 aliphatic heterocycles. The molecule has 0 aromatic heterocycles. The van der Waals surface area contributed by atoms with Gasteiger partial charge in [-0.1, -0.05) is 0 Å². The lowest BCUT2D eigenvalue weighted by Gasteiger charge is -2.23. The van der Waals surface area contributed by atoms with Gasteiger partial charge in [0.2, 0.25) is 0 Å². The molecule has 2 unspecified atom stereocenters. The third kappa shape index (κ3) is 3.72. The summed E-state index contributed by atoms with van der Waals surface area (Å²) >= 11 is 0. The lowest BCUT2D eigenvalue weighted by Crippen LogP contribution is -2.55. The summed E-state index contributed by atoms with van der Waals surface area (Å²) in [5, 5.41) is 35.5. The Bertz CT molecular complexity index is 99.9. The van der Waals surface area contributed by atoms with Gasteiger partial charge < -0.3 is 26.2 Å². The zero-order valence-electron chi connectivity index (χ0n) is 5.52. The van der Waals surface area contributed by atoms with Crippen LogP contribution in [0, 0.1) is 0 Å². The van der Waals surface area contributed by atoms with Gasteiger partial charge in [0, 0.05) is 0 Å². The molecule has 6 nitrogen and oxygen atoms in total. The van der Waals surface area contributed by atoms with E-state index in [2.05, 4.69) is 5.32 Å². The summed E-state index contributed by atoms with van der Waals surface area (Å²) in [5.41, 5.74) is 5.09. The molecule has 0 spiro atoms. The fraction of sp³-hybridized carbons (Fsp3) is 1.00. The second kappa shape index (κ2) is 3.24. The van der Waals surface area contributed by atoms with Crippen molar-refractivity contribution in [2.45, 2.75) is 25.3 Å². The van der Waals surface area contributed by atoms with Gasteiger partial charge in [-0.25, -0.2) is 0 Å². The molecule has 0 aliphatic rings. The van der Waals surface area contributed by atoms with Gasteiger partial charge in [0.1, 0.15) is 0 Å². The predicted molar refractivity (Wildman–Crippen MR) is 32.2 cm³/mol. The largest absolute Gasteiger partial charge is 0.371 e. The first-order valence-corrected chi connectivity index (χ1v) is 2.71. The monoisotopic (exact) mass is 152 g/mol. The van der Waals surface area contributed by atoms with Crippen LogP contribution in [0.1, 0.15) is 6.92 Å². The summed E-state index contributed by atoms with van der Waals surface area (Å²) in [4.78, 5) is 0. The molecular formula is C4H12N2O4. The Morgan fingerprint density at radius 1 is 1.40 bits per heavy atom. The van der Waals surface area contributed by atoms with Crippen molar-refractivity contribution in [2.75, 3.05) is 0 Å². The molecule has 0 amide bonds. The highest BCUT2D eigenvalue weighted by Crippen LogP contribution is 1.97. The summed E-state index contributed by atoms with van der Waals surface area (Å²) in [6, 6.07) is 0. The highest BCUT2D eigenvalue weighted by molar-refractivity contribution is 4.62. The minimum Gasteiger partial charge on any atom is -0.371 e. The molecule has 7 N–H and O–H groups in total. The summed E-state index contributed by atoms with van der Waals surface area (Å²) in [6.07, 6.45) is -2.51. The van der Waals surface area contributed by atoms with Gasteiger partial charge in [-0.05, 0) is 6.92 Å². The maximum absolute atomic E-state index is 8.62. The van der Waals surface area contributed by atoms with Gasteiger partial charge in [-0.2, -0.15) is 0 Å². The van der Waals surface area contributed by atoms with Crippen LogP contribution in [0.4, 0.5) is 0 Å². The van der Waals surface area contributed by atoms with E-state index in [1.165, 1.54) is 6.92 Å². The lowest BCUT2D eigenvalue weighted by molar-refractivity contribution is -0.361. The van der Waals surface area contributed by atoms with Gasteiger partial charge >= 0.3 is 5.97 Å². The Labute approximate surface area is 57.9 Å². The molecule has 0 saturated carbocycles. The molecule has 62 valence electrons. The molecule has 0 aromatic carbocycles. The van der Waals surface area contributed by atoms with Crippen molar-refractivity contribution in [1.29, 1.82) is 0 Å². The van der Waals surface area contributed by atoms with E-state index in [1.54, 1.807) is 0 Å². The van der Waals surface area contributed by atoms with Crippen LogP contribution in [0.5, 0.6) is 0 Å². The van der Waals surface area contributed by atoms with E-state index in [0.29, 0.717) is 0 Å². The van der Waals surface area contributed by atoms with E-state index in [4.69, 9.17) is 26.2 Å². The maximum Gasteiger partial charge on any atom is 0.317 e. The van der Waals surface area contributed by atoms with Crippen LogP contribution < -0.4 is 11.1 Å². The van der Waals surface area contributed by atoms with Gasteiger partial charge in [0.15, 0.2) is 6.23 Å². The van der Waals surface area contributed by atoms with Crippen molar-refractivity contribution in [3.05, 3.63) is 0 Å². The van der Waals surface area contributed by atoms with Crippen LogP contribution in [-0.2, 0) is 0 Å². The number of aliphatic hydroxyl groups is 4. The third-order valence-electron chi connectivity index (χ3n) is 0.788. The second-order valence-corrected chi connectivity index (χ2v) is 2.05. The number of aliphatic hydroxyl groups excluding tert-OH is 1. The summed E-state index contributed by atoms with van der Waals surface area (Å²) < 4.78 is 0. The molecule has 0 aromatic rings. The normalized spacial score (nSPS) is 18.6. The molecule has 0 fully saturated rings. The molecule has 10 heavy (non-hydrogen) atoms. The molecule has 0 bridgehead atoms. The van der Waals surface area contributed by atoms with Crippen LogP contribution in [0.25, 0.3) is 0 Å². The van der Waals surface area contributed by atoms with Gasteiger partial charge in [-0.15, -0.1) is 0 Å². The molecule has 0 radical (unpaired) electrons. The Morgan fingerprint density at radius 3 is 1.90 bits per heavy atom. The fourth-order valence-corrected chi connectivity index (χ4v) is 0.361. The van der Waals surface area contributed by atoms with E-state index in [-0.39, 0.29) is 0 Å². The van der Waals surface area contributed by atoms with E-state index in [0.717, 1.165) is 0 Å². The third-order valence-corrected chi connectivity index (χ3v) is 0.788. The predicted octanol–water partition coefficient (Wildman–Crippen LogP) is -3.17. The first-order chi connectivity index (χ1) is 4.34. The fourth-order valence-electron chi connectivity index (χ4n) is 0.361. The Hall–Kier alpha value is -0.240. The molecule has 0 rings (SSSR count). The smallest absolute Gasteiger partial charge is 0.317 e. The molecule has 0 heterocycles. The Morgan fingerprint density at radius 2 is 1.80 bits per heavy atom. The molecule has 2 atom stereocenters. The second-order valence-electron chi connectivity index (χ2n) is 2.05. The van der Waals surface area contributed by atoms with Crippen molar-refractivity contribution in [2.24, 2.45) is 5.73 Å². The van der Waals surface area contributed by atoms with Crippen molar-refractivity contribution in [3.63, 3.8) is 0 Å². The first kappa shape index (κ1) is 9.76. The Kier molecular flexibility index (Phi) is 3.16. The lowest BCUT2D eigenvalue weighted by atomic mass is 10.4. The number of rotatable bonds is 3. The van der Waals surface area contributed by atoms with Crippen molar-refractivity contribution in [3.8, 4) is 0 Å². The molecular weight excluding hydrogens is 140 g/mol. The van der Waals surface area contributed by atoms with Crippen LogP contribution in [0.2, 0.25) is 0 Å². The van der Waals surface area contributed by atoms with E-state index in [9.17, 15) is 0 Å². The SMILES string of the molecule is CC(N)NC(O)C(O)(O)O. The van der Waals surface area contributed by atoms with Crippen molar-refractivity contribution in [1.82, 2.24) is 5.32 Å². The summed E-state index contributed by atoms with van der Waals surface area (Å²) in [6.45, 7) is 1.47. The summed E-state index contributed by atoms with van der Waals surface area (Å²) in [7, 11) is 0. The number of nitrogens with two attached hydrogens (primary N) is 1.